The molecule has 0 spiro atoms. The molecule has 2 aromatic carbocycles. The van der Waals surface area contributed by atoms with Crippen LogP contribution >= 0.6 is 11.8 Å². The second-order valence-electron chi connectivity index (χ2n) is 7.04. The van der Waals surface area contributed by atoms with Crippen LogP contribution in [0, 0.1) is 18.3 Å². The molecule has 7 nitrogen and oxygen atoms in total. The highest BCUT2D eigenvalue weighted by molar-refractivity contribution is 8.18. The third-order valence-corrected chi connectivity index (χ3v) is 5.60. The van der Waals surface area contributed by atoms with Crippen molar-refractivity contribution in [3.8, 4) is 17.4 Å². The van der Waals surface area contributed by atoms with Gasteiger partial charge < -0.3 is 9.73 Å². The van der Waals surface area contributed by atoms with Gasteiger partial charge in [0.05, 0.1) is 16.5 Å². The van der Waals surface area contributed by atoms with E-state index in [2.05, 4.69) is 11.4 Å². The second-order valence-corrected chi connectivity index (χ2v) is 8.04. The Bertz CT molecular complexity index is 1300. The van der Waals surface area contributed by atoms with E-state index < -0.39 is 17.1 Å². The molecule has 0 radical (unpaired) electrons. The van der Waals surface area contributed by atoms with Crippen molar-refractivity contribution in [2.45, 2.75) is 6.92 Å². The Kier molecular flexibility index (Phi) is 5.92. The van der Waals surface area contributed by atoms with Crippen molar-refractivity contribution < 1.29 is 18.8 Å². The number of furan rings is 1. The Hall–Kier alpha value is -4.09. The number of hydrogen-bond acceptors (Lipinski definition) is 6. The van der Waals surface area contributed by atoms with E-state index in [4.69, 9.17) is 4.42 Å². The summed E-state index contributed by atoms with van der Waals surface area (Å²) in [7, 11) is 0. The Labute approximate surface area is 188 Å². The summed E-state index contributed by atoms with van der Waals surface area (Å²) >= 11 is 0.746. The van der Waals surface area contributed by atoms with E-state index in [-0.39, 0.29) is 11.4 Å². The molecule has 1 fully saturated rings. The summed E-state index contributed by atoms with van der Waals surface area (Å²) in [6, 6.07) is 19.7. The lowest BCUT2D eigenvalue weighted by molar-refractivity contribution is -0.127. The number of nitrogens with one attached hydrogen (secondary N) is 1. The fourth-order valence-electron chi connectivity index (χ4n) is 3.20. The Morgan fingerprint density at radius 3 is 2.75 bits per heavy atom. The predicted molar refractivity (Wildman–Crippen MR) is 121 cm³/mol. The van der Waals surface area contributed by atoms with Crippen LogP contribution in [0.3, 0.4) is 0 Å². The van der Waals surface area contributed by atoms with Crippen LogP contribution in [0.15, 0.2) is 70.0 Å². The highest BCUT2D eigenvalue weighted by Gasteiger charge is 2.36. The molecule has 0 atom stereocenters. The standard InChI is InChI=1S/C24H17N3O4S/c1-15-5-4-7-17(11-15)26-22(28)14-27-23(29)21(32-24(27)30)12-18-9-10-20(31-18)19-8-3-2-6-16(19)13-25/h2-12H,14H2,1H3,(H,26,28). The Morgan fingerprint density at radius 2 is 1.97 bits per heavy atom. The molecule has 2 heterocycles. The number of hydrogen-bond donors (Lipinski definition) is 1. The second kappa shape index (κ2) is 8.96. The molecule has 1 aromatic heterocycles. The van der Waals surface area contributed by atoms with Gasteiger partial charge in [-0.25, -0.2) is 0 Å². The fourth-order valence-corrected chi connectivity index (χ4v) is 4.02. The summed E-state index contributed by atoms with van der Waals surface area (Å²) in [5, 5.41) is 11.4. The summed E-state index contributed by atoms with van der Waals surface area (Å²) in [6.45, 7) is 1.52. The first-order chi connectivity index (χ1) is 15.4. The molecular formula is C24H17N3O4S. The van der Waals surface area contributed by atoms with Gasteiger partial charge in [-0.1, -0.05) is 24.3 Å². The molecule has 3 aromatic rings. The average Bonchev–Trinajstić information content (AvgIpc) is 3.34. The highest BCUT2D eigenvalue weighted by Crippen LogP contribution is 2.33. The van der Waals surface area contributed by atoms with Crippen molar-refractivity contribution in [1.82, 2.24) is 4.90 Å². The molecule has 4 rings (SSSR count). The van der Waals surface area contributed by atoms with Gasteiger partial charge in [0.25, 0.3) is 11.1 Å². The number of aryl methyl sites for hydroxylation is 1. The summed E-state index contributed by atoms with van der Waals surface area (Å²) < 4.78 is 5.76. The van der Waals surface area contributed by atoms with Gasteiger partial charge in [0.2, 0.25) is 5.91 Å². The fraction of sp³-hybridized carbons (Fsp3) is 0.0833. The lowest BCUT2D eigenvalue weighted by Crippen LogP contribution is -2.36. The normalized spacial score (nSPS) is 14.6. The number of rotatable bonds is 5. The van der Waals surface area contributed by atoms with Crippen molar-refractivity contribution in [3.05, 3.63) is 82.5 Å². The minimum atomic E-state index is -0.560. The predicted octanol–water partition coefficient (Wildman–Crippen LogP) is 4.80. The number of nitriles is 1. The molecule has 158 valence electrons. The zero-order chi connectivity index (χ0) is 22.7. The lowest BCUT2D eigenvalue weighted by Gasteiger charge is -2.12. The largest absolute Gasteiger partial charge is 0.457 e. The van der Waals surface area contributed by atoms with Gasteiger partial charge in [0.1, 0.15) is 18.1 Å². The molecule has 32 heavy (non-hydrogen) atoms. The monoisotopic (exact) mass is 443 g/mol. The number of amides is 3. The third-order valence-electron chi connectivity index (χ3n) is 4.69. The zero-order valence-corrected chi connectivity index (χ0v) is 17.8. The molecule has 0 saturated carbocycles. The molecule has 0 unspecified atom stereocenters. The van der Waals surface area contributed by atoms with Crippen molar-refractivity contribution in [1.29, 1.82) is 5.26 Å². The van der Waals surface area contributed by atoms with E-state index in [1.54, 1.807) is 54.6 Å². The third kappa shape index (κ3) is 4.48. The topological polar surface area (TPSA) is 103 Å². The van der Waals surface area contributed by atoms with Crippen LogP contribution in [0.5, 0.6) is 0 Å². The van der Waals surface area contributed by atoms with E-state index in [1.807, 2.05) is 13.0 Å². The van der Waals surface area contributed by atoms with Gasteiger partial charge in [0.15, 0.2) is 0 Å². The highest BCUT2D eigenvalue weighted by atomic mass is 32.2. The minimum Gasteiger partial charge on any atom is -0.457 e. The molecule has 1 aliphatic rings. The van der Waals surface area contributed by atoms with Gasteiger partial charge in [-0.15, -0.1) is 0 Å². The average molecular weight is 443 g/mol. The molecule has 1 saturated heterocycles. The van der Waals surface area contributed by atoms with Crippen LogP contribution in [0.2, 0.25) is 0 Å². The van der Waals surface area contributed by atoms with Gasteiger partial charge in [-0.05, 0) is 60.6 Å². The molecule has 3 amide bonds. The van der Waals surface area contributed by atoms with Crippen molar-refractivity contribution in [2.75, 3.05) is 11.9 Å². The van der Waals surface area contributed by atoms with Gasteiger partial charge in [0, 0.05) is 17.3 Å². The summed E-state index contributed by atoms with van der Waals surface area (Å²) in [5.41, 5.74) is 2.68. The van der Waals surface area contributed by atoms with Gasteiger partial charge >= 0.3 is 0 Å². The van der Waals surface area contributed by atoms with Crippen LogP contribution in [0.25, 0.3) is 17.4 Å². The first-order valence-electron chi connectivity index (χ1n) is 9.66. The summed E-state index contributed by atoms with van der Waals surface area (Å²) in [4.78, 5) is 38.4. The maximum Gasteiger partial charge on any atom is 0.294 e. The molecule has 1 N–H and O–H groups in total. The first-order valence-corrected chi connectivity index (χ1v) is 10.5. The number of carbonyl (C=O) groups is 3. The number of nitrogens with zero attached hydrogens (tertiary/aromatic N) is 2. The van der Waals surface area contributed by atoms with E-state index in [1.165, 1.54) is 6.08 Å². The van der Waals surface area contributed by atoms with Gasteiger partial charge in [-0.2, -0.15) is 5.26 Å². The SMILES string of the molecule is Cc1cccc(NC(=O)CN2C(=O)SC(=Cc3ccc(-c4ccccc4C#N)o3)C2=O)c1. The zero-order valence-electron chi connectivity index (χ0n) is 17.0. The quantitative estimate of drug-likeness (QED) is 0.568. The van der Waals surface area contributed by atoms with Crippen molar-refractivity contribution in [3.63, 3.8) is 0 Å². The molecular weight excluding hydrogens is 426 g/mol. The summed E-state index contributed by atoms with van der Waals surface area (Å²) in [5.74, 6) is -0.185. The van der Waals surface area contributed by atoms with Crippen LogP contribution < -0.4 is 5.32 Å². The van der Waals surface area contributed by atoms with E-state index in [0.717, 1.165) is 22.2 Å². The van der Waals surface area contributed by atoms with E-state index >= 15 is 0 Å². The number of benzene rings is 2. The number of anilines is 1. The van der Waals surface area contributed by atoms with Crippen LogP contribution in [0.4, 0.5) is 10.5 Å². The number of thioether (sulfide) groups is 1. The summed E-state index contributed by atoms with van der Waals surface area (Å²) in [6.07, 6.45) is 1.46. The maximum atomic E-state index is 12.7. The number of carbonyl (C=O) groups excluding carboxylic acids is 3. The van der Waals surface area contributed by atoms with E-state index in [9.17, 15) is 19.6 Å². The minimum absolute atomic E-state index is 0.160. The smallest absolute Gasteiger partial charge is 0.294 e. The van der Waals surface area contributed by atoms with Crippen LogP contribution in [-0.4, -0.2) is 28.5 Å². The molecule has 1 aliphatic heterocycles. The Morgan fingerprint density at radius 1 is 1.16 bits per heavy atom. The van der Waals surface area contributed by atoms with Crippen LogP contribution in [0.1, 0.15) is 16.9 Å². The molecule has 0 aliphatic carbocycles. The maximum absolute atomic E-state index is 12.7. The van der Waals surface area contributed by atoms with Crippen molar-refractivity contribution >= 4 is 40.6 Å². The molecule has 0 bridgehead atoms. The lowest BCUT2D eigenvalue weighted by atomic mass is 10.1. The molecule has 8 heteroatoms. The van der Waals surface area contributed by atoms with Gasteiger partial charge in [-0.3, -0.25) is 19.3 Å². The number of imide groups is 1. The van der Waals surface area contributed by atoms with E-state index in [0.29, 0.717) is 28.3 Å². The van der Waals surface area contributed by atoms with Crippen molar-refractivity contribution in [2.24, 2.45) is 0 Å². The van der Waals surface area contributed by atoms with Crippen LogP contribution in [-0.2, 0) is 9.59 Å². The Balaban J connectivity index is 1.47. The first kappa shape index (κ1) is 21.2.